The molecule has 22 heavy (non-hydrogen) atoms. The van der Waals surface area contributed by atoms with Gasteiger partial charge >= 0.3 is 0 Å². The smallest absolute Gasteiger partial charge is 0.139 e. The third-order valence-corrected chi connectivity index (χ3v) is 8.49. The lowest BCUT2D eigenvalue weighted by molar-refractivity contribution is -0.217. The van der Waals surface area contributed by atoms with Crippen LogP contribution < -0.4 is 0 Å². The van der Waals surface area contributed by atoms with Crippen LogP contribution in [-0.2, 0) is 4.79 Å². The average Bonchev–Trinajstić information content (AvgIpc) is 2.76. The summed E-state index contributed by atoms with van der Waals surface area (Å²) in [5.74, 6) is 2.15. The lowest BCUT2D eigenvalue weighted by atomic mass is 9.43. The maximum absolute atomic E-state index is 12.4. The second-order valence-electron chi connectivity index (χ2n) is 9.18. The van der Waals surface area contributed by atoms with E-state index >= 15 is 0 Å². The highest BCUT2D eigenvalue weighted by Gasteiger charge is 2.64. The highest BCUT2D eigenvalue weighted by molar-refractivity contribution is 5.87. The van der Waals surface area contributed by atoms with Crippen LogP contribution in [0.4, 0.5) is 0 Å². The second-order valence-corrected chi connectivity index (χ2v) is 9.18. The van der Waals surface area contributed by atoms with Crippen molar-refractivity contribution < 1.29 is 15.0 Å². The van der Waals surface area contributed by atoms with Crippen LogP contribution in [0.5, 0.6) is 0 Å². The molecule has 0 aromatic rings. The van der Waals surface area contributed by atoms with Gasteiger partial charge in [0.1, 0.15) is 5.78 Å². The molecule has 4 saturated carbocycles. The molecule has 0 amide bonds. The Morgan fingerprint density at radius 3 is 2.55 bits per heavy atom. The monoisotopic (exact) mass is 306 g/mol. The van der Waals surface area contributed by atoms with Crippen LogP contribution in [0.2, 0.25) is 0 Å². The van der Waals surface area contributed by atoms with Crippen molar-refractivity contribution in [2.45, 2.75) is 83.3 Å². The van der Waals surface area contributed by atoms with Gasteiger partial charge in [-0.1, -0.05) is 13.8 Å². The summed E-state index contributed by atoms with van der Waals surface area (Å²) in [4.78, 5) is 12.4. The Kier molecular flexibility index (Phi) is 3.14. The molecule has 2 N–H and O–H groups in total. The number of aliphatic hydroxyl groups is 2. The number of hydrogen-bond donors (Lipinski definition) is 2. The Morgan fingerprint density at radius 2 is 1.77 bits per heavy atom. The summed E-state index contributed by atoms with van der Waals surface area (Å²) in [6, 6.07) is 0. The summed E-state index contributed by atoms with van der Waals surface area (Å²) in [5.41, 5.74) is -0.842. The van der Waals surface area contributed by atoms with E-state index in [0.29, 0.717) is 30.0 Å². The van der Waals surface area contributed by atoms with Crippen LogP contribution in [0.3, 0.4) is 0 Å². The number of rotatable bonds is 0. The topological polar surface area (TPSA) is 57.5 Å². The number of carbonyl (C=O) groups excluding carboxylic acids is 1. The predicted molar refractivity (Wildman–Crippen MR) is 84.2 cm³/mol. The van der Waals surface area contributed by atoms with E-state index < -0.39 is 5.60 Å². The van der Waals surface area contributed by atoms with Crippen LogP contribution in [-0.4, -0.2) is 27.7 Å². The fourth-order valence-electron chi connectivity index (χ4n) is 7.00. The first-order valence-electron chi connectivity index (χ1n) is 9.24. The molecule has 4 aliphatic rings. The van der Waals surface area contributed by atoms with Crippen molar-refractivity contribution in [1.29, 1.82) is 0 Å². The Balaban J connectivity index is 1.68. The number of carbonyl (C=O) groups is 1. The highest BCUT2D eigenvalue weighted by atomic mass is 16.3. The molecule has 0 aliphatic heterocycles. The van der Waals surface area contributed by atoms with Crippen molar-refractivity contribution in [2.24, 2.45) is 28.6 Å². The van der Waals surface area contributed by atoms with Gasteiger partial charge < -0.3 is 10.2 Å². The van der Waals surface area contributed by atoms with Gasteiger partial charge in [-0.25, -0.2) is 0 Å². The molecule has 0 bridgehead atoms. The van der Waals surface area contributed by atoms with Gasteiger partial charge in [0.25, 0.3) is 0 Å². The molecule has 0 saturated heterocycles. The molecule has 0 unspecified atom stereocenters. The molecule has 0 spiro atoms. The molecular formula is C19H30O3. The van der Waals surface area contributed by atoms with Crippen LogP contribution in [0, 0.1) is 28.6 Å². The maximum Gasteiger partial charge on any atom is 0.139 e. The van der Waals surface area contributed by atoms with Crippen LogP contribution in [0.15, 0.2) is 0 Å². The number of aliphatic hydroxyl groups excluding tert-OH is 1. The SMILES string of the molecule is C[C@]12CC[C@H]3[C@@H](CC[C@@]4(O)C[C@@H](O)CC[C@]34C)[C@@H]1CCC2=O. The number of fused-ring (bicyclic) bond motifs is 5. The normalized spacial score (nSPS) is 57.9. The Morgan fingerprint density at radius 1 is 1.00 bits per heavy atom. The lowest BCUT2D eigenvalue weighted by Crippen LogP contribution is -2.62. The minimum absolute atomic E-state index is 0.0673. The molecule has 0 aromatic carbocycles. The standard InChI is InChI=1S/C19H30O3/c1-17-8-7-15-13(14(17)3-4-16(17)21)6-10-19(22)11-12(20)5-9-18(15,19)2/h12-15,20,22H,3-11H2,1-2H3/t12-,13-,14-,15-,17-,18+,19+/m0/s1. The molecule has 3 nitrogen and oxygen atoms in total. The van der Waals surface area contributed by atoms with E-state index in [1.54, 1.807) is 0 Å². The molecule has 4 aliphatic carbocycles. The fraction of sp³-hybridized carbons (Fsp3) is 0.947. The third-order valence-electron chi connectivity index (χ3n) is 8.49. The Hall–Kier alpha value is -0.410. The van der Waals surface area contributed by atoms with Crippen LogP contribution in [0.25, 0.3) is 0 Å². The van der Waals surface area contributed by atoms with Gasteiger partial charge in [-0.3, -0.25) is 4.79 Å². The van der Waals surface area contributed by atoms with E-state index in [-0.39, 0.29) is 16.9 Å². The zero-order chi connectivity index (χ0) is 15.8. The third kappa shape index (κ3) is 1.73. The van der Waals surface area contributed by atoms with Gasteiger partial charge in [-0.15, -0.1) is 0 Å². The first-order chi connectivity index (χ1) is 10.3. The van der Waals surface area contributed by atoms with E-state index in [2.05, 4.69) is 13.8 Å². The first kappa shape index (κ1) is 15.1. The summed E-state index contributed by atoms with van der Waals surface area (Å²) < 4.78 is 0. The molecular weight excluding hydrogens is 276 g/mol. The van der Waals surface area contributed by atoms with Crippen LogP contribution in [0.1, 0.15) is 71.6 Å². The Labute approximate surface area is 133 Å². The lowest BCUT2D eigenvalue weighted by Gasteiger charge is -2.63. The van der Waals surface area contributed by atoms with Crippen molar-refractivity contribution in [1.82, 2.24) is 0 Å². The molecule has 4 fully saturated rings. The summed E-state index contributed by atoms with van der Waals surface area (Å²) in [6.45, 7) is 4.48. The summed E-state index contributed by atoms with van der Waals surface area (Å²) in [7, 11) is 0. The van der Waals surface area contributed by atoms with Crippen molar-refractivity contribution in [2.75, 3.05) is 0 Å². The first-order valence-corrected chi connectivity index (χ1v) is 9.24. The summed E-state index contributed by atoms with van der Waals surface area (Å²) >= 11 is 0. The molecule has 0 radical (unpaired) electrons. The van der Waals surface area contributed by atoms with E-state index in [1.165, 1.54) is 0 Å². The van der Waals surface area contributed by atoms with Crippen molar-refractivity contribution >= 4 is 5.78 Å². The van der Waals surface area contributed by atoms with Crippen LogP contribution >= 0.6 is 0 Å². The largest absolute Gasteiger partial charge is 0.393 e. The summed E-state index contributed by atoms with van der Waals surface area (Å²) in [5, 5.41) is 21.3. The quantitative estimate of drug-likeness (QED) is 0.723. The van der Waals surface area contributed by atoms with Gasteiger partial charge in [0.15, 0.2) is 0 Å². The second kappa shape index (κ2) is 4.57. The molecule has 0 heterocycles. The van der Waals surface area contributed by atoms with Gasteiger partial charge in [-0.05, 0) is 68.1 Å². The fourth-order valence-corrected chi connectivity index (χ4v) is 7.00. The minimum Gasteiger partial charge on any atom is -0.393 e. The molecule has 0 aromatic heterocycles. The summed E-state index contributed by atoms with van der Waals surface area (Å²) in [6.07, 6.45) is 7.73. The molecule has 124 valence electrons. The zero-order valence-corrected chi connectivity index (χ0v) is 14.0. The maximum atomic E-state index is 12.4. The van der Waals surface area contributed by atoms with Gasteiger partial charge in [0, 0.05) is 18.3 Å². The van der Waals surface area contributed by atoms with E-state index in [0.717, 1.165) is 51.4 Å². The minimum atomic E-state index is -0.692. The molecule has 7 atom stereocenters. The zero-order valence-electron chi connectivity index (χ0n) is 14.0. The number of Topliss-reactive ketones (excluding diaryl/α,β-unsaturated/α-hetero) is 1. The van der Waals surface area contributed by atoms with Crippen molar-refractivity contribution in [3.05, 3.63) is 0 Å². The number of hydrogen-bond acceptors (Lipinski definition) is 3. The Bertz CT molecular complexity index is 503. The molecule has 3 heteroatoms. The molecule has 4 rings (SSSR count). The number of ketones is 1. The van der Waals surface area contributed by atoms with E-state index in [9.17, 15) is 15.0 Å². The van der Waals surface area contributed by atoms with E-state index in [1.807, 2.05) is 0 Å². The van der Waals surface area contributed by atoms with Gasteiger partial charge in [0.05, 0.1) is 11.7 Å². The van der Waals surface area contributed by atoms with E-state index in [4.69, 9.17) is 0 Å². The predicted octanol–water partition coefficient (Wildman–Crippen LogP) is 3.07. The van der Waals surface area contributed by atoms with Gasteiger partial charge in [-0.2, -0.15) is 0 Å². The van der Waals surface area contributed by atoms with Crippen molar-refractivity contribution in [3.8, 4) is 0 Å². The van der Waals surface area contributed by atoms with Crippen molar-refractivity contribution in [3.63, 3.8) is 0 Å². The highest BCUT2D eigenvalue weighted by Crippen LogP contribution is 2.66. The average molecular weight is 306 g/mol. The van der Waals surface area contributed by atoms with Gasteiger partial charge in [0.2, 0.25) is 0 Å².